The molecule has 11 heteroatoms. The van der Waals surface area contributed by atoms with Gasteiger partial charge in [0.2, 0.25) is 11.8 Å². The van der Waals surface area contributed by atoms with Gasteiger partial charge in [-0.15, -0.1) is 0 Å². The van der Waals surface area contributed by atoms with Crippen LogP contribution in [0.2, 0.25) is 0 Å². The molecule has 11 nitrogen and oxygen atoms in total. The summed E-state index contributed by atoms with van der Waals surface area (Å²) in [5.74, 6) is -3.42. The number of aliphatic hydroxyl groups is 3. The van der Waals surface area contributed by atoms with Crippen molar-refractivity contribution in [2.75, 3.05) is 6.61 Å². The Morgan fingerprint density at radius 2 is 1.96 bits per heavy atom. The van der Waals surface area contributed by atoms with Crippen LogP contribution in [0.25, 0.3) is 0 Å². The summed E-state index contributed by atoms with van der Waals surface area (Å²) < 4.78 is 5.39. The van der Waals surface area contributed by atoms with Crippen molar-refractivity contribution in [2.45, 2.75) is 49.5 Å². The van der Waals surface area contributed by atoms with Gasteiger partial charge < -0.3 is 41.5 Å². The maximum absolute atomic E-state index is 11.9. The first-order valence-corrected chi connectivity index (χ1v) is 7.34. The van der Waals surface area contributed by atoms with Gasteiger partial charge in [0.05, 0.1) is 25.2 Å². The van der Waals surface area contributed by atoms with Gasteiger partial charge in [-0.05, 0) is 0 Å². The van der Waals surface area contributed by atoms with Crippen molar-refractivity contribution in [2.24, 2.45) is 11.7 Å². The van der Waals surface area contributed by atoms with E-state index in [0.717, 1.165) is 0 Å². The number of hydrogen-bond acceptors (Lipinski definition) is 8. The summed E-state index contributed by atoms with van der Waals surface area (Å²) in [6.07, 6.45) is -4.10. The van der Waals surface area contributed by atoms with E-state index in [1.807, 2.05) is 0 Å². The van der Waals surface area contributed by atoms with Crippen LogP contribution in [0.15, 0.2) is 0 Å². The standard InChI is InChI=1S/C13H21N3O8/c1-4(18)15-9-8-10(20)13(8,23)6(3-17)24-11(9)16-7(19)2-5(14)12(21)22/h5-6,8-11,17,20,23H,2-3,14H2,1H3,(H,15,18)(H,16,19)(H,21,22)/t5?,6?,8?,9?,10?,11-,13?/m1/s1. The van der Waals surface area contributed by atoms with Crippen molar-refractivity contribution < 1.29 is 39.5 Å². The van der Waals surface area contributed by atoms with Crippen LogP contribution < -0.4 is 16.4 Å². The van der Waals surface area contributed by atoms with Gasteiger partial charge in [-0.25, -0.2) is 0 Å². The highest BCUT2D eigenvalue weighted by Crippen LogP contribution is 2.53. The fourth-order valence-corrected chi connectivity index (χ4v) is 3.07. The Balaban J connectivity index is 2.12. The molecule has 8 N–H and O–H groups in total. The minimum Gasteiger partial charge on any atom is -0.480 e. The first-order chi connectivity index (χ1) is 11.1. The normalized spacial score (nSPS) is 38.6. The number of ether oxygens (including phenoxy) is 1. The molecule has 0 bridgehead atoms. The lowest BCUT2D eigenvalue weighted by Gasteiger charge is -2.38. The largest absolute Gasteiger partial charge is 0.480 e. The second kappa shape index (κ2) is 6.61. The van der Waals surface area contributed by atoms with Crippen LogP contribution in [-0.4, -0.2) is 80.9 Å². The van der Waals surface area contributed by atoms with E-state index in [1.165, 1.54) is 6.92 Å². The molecule has 2 rings (SSSR count). The summed E-state index contributed by atoms with van der Waals surface area (Å²) in [4.78, 5) is 33.9. The molecule has 1 saturated carbocycles. The fraction of sp³-hybridized carbons (Fsp3) is 0.769. The SMILES string of the molecule is CC(=O)NC1C2C(O)C2(O)C(CO)O[C@H]1NC(=O)CC(N)C(=O)O. The summed E-state index contributed by atoms with van der Waals surface area (Å²) in [5.41, 5.74) is 3.56. The van der Waals surface area contributed by atoms with Gasteiger partial charge in [0.1, 0.15) is 17.7 Å². The van der Waals surface area contributed by atoms with Crippen molar-refractivity contribution in [1.82, 2.24) is 10.6 Å². The zero-order valence-electron chi connectivity index (χ0n) is 12.9. The van der Waals surface area contributed by atoms with E-state index >= 15 is 0 Å². The molecule has 2 amide bonds. The first-order valence-electron chi connectivity index (χ1n) is 7.34. The zero-order chi connectivity index (χ0) is 18.2. The van der Waals surface area contributed by atoms with Gasteiger partial charge in [0, 0.05) is 12.8 Å². The summed E-state index contributed by atoms with van der Waals surface area (Å²) in [6.45, 7) is 0.600. The topological polar surface area (TPSA) is 191 Å². The Kier molecular flexibility index (Phi) is 5.11. The third-order valence-electron chi connectivity index (χ3n) is 4.34. The number of nitrogens with two attached hydrogens (primary N) is 1. The first kappa shape index (κ1) is 18.5. The average Bonchev–Trinajstić information content (AvgIpc) is 3.03. The number of aliphatic hydroxyl groups excluding tert-OH is 2. The van der Waals surface area contributed by atoms with Crippen molar-refractivity contribution in [3.8, 4) is 0 Å². The monoisotopic (exact) mass is 347 g/mol. The number of hydrogen-bond donors (Lipinski definition) is 7. The van der Waals surface area contributed by atoms with Gasteiger partial charge in [0.25, 0.3) is 0 Å². The molecule has 1 aliphatic heterocycles. The summed E-state index contributed by atoms with van der Waals surface area (Å²) in [6, 6.07) is -2.36. The number of fused-ring (bicyclic) bond motifs is 1. The zero-order valence-corrected chi connectivity index (χ0v) is 12.9. The van der Waals surface area contributed by atoms with Crippen LogP contribution in [-0.2, 0) is 19.1 Å². The number of rotatable bonds is 6. The molecule has 0 aromatic carbocycles. The van der Waals surface area contributed by atoms with E-state index in [0.29, 0.717) is 0 Å². The number of carbonyl (C=O) groups is 3. The van der Waals surface area contributed by atoms with E-state index < -0.39 is 72.8 Å². The molecule has 6 unspecified atom stereocenters. The number of nitrogens with one attached hydrogen (secondary N) is 2. The lowest BCUT2D eigenvalue weighted by atomic mass is 9.99. The van der Waals surface area contributed by atoms with Crippen molar-refractivity contribution >= 4 is 17.8 Å². The van der Waals surface area contributed by atoms with Crippen molar-refractivity contribution in [3.05, 3.63) is 0 Å². The van der Waals surface area contributed by atoms with Crippen molar-refractivity contribution in [3.63, 3.8) is 0 Å². The van der Waals surface area contributed by atoms with E-state index in [4.69, 9.17) is 15.6 Å². The van der Waals surface area contributed by atoms with Gasteiger partial charge in [-0.1, -0.05) is 0 Å². The molecular formula is C13H21N3O8. The van der Waals surface area contributed by atoms with Gasteiger partial charge in [0.15, 0.2) is 6.23 Å². The maximum atomic E-state index is 11.9. The molecule has 1 saturated heterocycles. The quantitative estimate of drug-likeness (QED) is 0.250. The van der Waals surface area contributed by atoms with Crippen LogP contribution in [0.3, 0.4) is 0 Å². The number of amides is 2. The summed E-state index contributed by atoms with van der Waals surface area (Å²) >= 11 is 0. The van der Waals surface area contributed by atoms with Gasteiger partial charge in [-0.3, -0.25) is 14.4 Å². The lowest BCUT2D eigenvalue weighted by Crippen LogP contribution is -2.62. The predicted octanol–water partition coefficient (Wildman–Crippen LogP) is -4.15. The molecule has 0 radical (unpaired) electrons. The van der Waals surface area contributed by atoms with Crippen LogP contribution >= 0.6 is 0 Å². The smallest absolute Gasteiger partial charge is 0.321 e. The second-order valence-electron chi connectivity index (χ2n) is 6.03. The number of aliphatic carboxylic acids is 1. The molecule has 0 spiro atoms. The lowest BCUT2D eigenvalue weighted by molar-refractivity contribution is -0.173. The Morgan fingerprint density at radius 3 is 2.46 bits per heavy atom. The Bertz CT molecular complexity index is 543. The molecular weight excluding hydrogens is 326 g/mol. The van der Waals surface area contributed by atoms with E-state index in [9.17, 15) is 29.7 Å². The molecule has 2 aliphatic rings. The highest BCUT2D eigenvalue weighted by Gasteiger charge is 2.75. The molecule has 1 heterocycles. The van der Waals surface area contributed by atoms with Crippen LogP contribution in [0.5, 0.6) is 0 Å². The Labute approximate surface area is 136 Å². The minimum absolute atomic E-state index is 0.478. The third kappa shape index (κ3) is 3.21. The molecule has 2 fully saturated rings. The molecule has 1 aliphatic carbocycles. The van der Waals surface area contributed by atoms with Crippen LogP contribution in [0.4, 0.5) is 0 Å². The van der Waals surface area contributed by atoms with E-state index in [2.05, 4.69) is 10.6 Å². The predicted molar refractivity (Wildman–Crippen MR) is 76.2 cm³/mol. The molecule has 0 aromatic rings. The Morgan fingerprint density at radius 1 is 1.33 bits per heavy atom. The highest BCUT2D eigenvalue weighted by atomic mass is 16.5. The van der Waals surface area contributed by atoms with Crippen LogP contribution in [0.1, 0.15) is 13.3 Å². The van der Waals surface area contributed by atoms with Gasteiger partial charge >= 0.3 is 5.97 Å². The van der Waals surface area contributed by atoms with Gasteiger partial charge in [-0.2, -0.15) is 0 Å². The van der Waals surface area contributed by atoms with E-state index in [1.54, 1.807) is 0 Å². The molecule has 0 aromatic heterocycles. The summed E-state index contributed by atoms with van der Waals surface area (Å²) in [7, 11) is 0. The Hall–Kier alpha value is -1.79. The number of carboxylic acids is 1. The average molecular weight is 347 g/mol. The molecule has 136 valence electrons. The number of carbonyl (C=O) groups excluding carboxylic acids is 2. The summed E-state index contributed by atoms with van der Waals surface area (Å²) in [5, 5.41) is 43.1. The third-order valence-corrected chi connectivity index (χ3v) is 4.34. The van der Waals surface area contributed by atoms with E-state index in [-0.39, 0.29) is 0 Å². The molecule has 7 atom stereocenters. The second-order valence-corrected chi connectivity index (χ2v) is 6.03. The highest BCUT2D eigenvalue weighted by molar-refractivity contribution is 5.84. The van der Waals surface area contributed by atoms with Crippen LogP contribution in [0, 0.1) is 5.92 Å². The maximum Gasteiger partial charge on any atom is 0.321 e. The minimum atomic E-state index is -1.72. The fourth-order valence-electron chi connectivity index (χ4n) is 3.07. The number of carboxylic acid groups (broad SMARTS) is 1. The van der Waals surface area contributed by atoms with Crippen molar-refractivity contribution in [1.29, 1.82) is 0 Å². The molecule has 24 heavy (non-hydrogen) atoms.